The first-order valence-corrected chi connectivity index (χ1v) is 6.85. The standard InChI is InChI=1S/C17H17N2O2/c1-17(2,13-6-4-3-5-7-13)14-8-10-15(11-9-14)18-12-19(18)16(20)21/h4-11H,12H2,1-2H3,(H,20,21). The highest BCUT2D eigenvalue weighted by Gasteiger charge is 2.36. The molecule has 4 nitrogen and oxygen atoms in total. The van der Waals surface area contributed by atoms with Crippen LogP contribution in [0.4, 0.5) is 10.5 Å². The zero-order valence-electron chi connectivity index (χ0n) is 12.1. The van der Waals surface area contributed by atoms with Crippen molar-refractivity contribution in [2.24, 2.45) is 0 Å². The lowest BCUT2D eigenvalue weighted by molar-refractivity contribution is 0.178. The topological polar surface area (TPSA) is 43.3 Å². The highest BCUT2D eigenvalue weighted by atomic mass is 16.4. The van der Waals surface area contributed by atoms with Crippen LogP contribution < -0.4 is 5.01 Å². The molecule has 21 heavy (non-hydrogen) atoms. The number of anilines is 1. The Hall–Kier alpha value is -2.49. The molecule has 1 heterocycles. The van der Waals surface area contributed by atoms with Gasteiger partial charge in [-0.25, -0.2) is 4.79 Å². The number of carbonyl (C=O) groups is 1. The molecular formula is C17H17N2O2. The zero-order chi connectivity index (χ0) is 15.0. The summed E-state index contributed by atoms with van der Waals surface area (Å²) in [5.74, 6) is 0. The van der Waals surface area contributed by atoms with E-state index in [2.05, 4.69) is 44.2 Å². The molecule has 1 aliphatic heterocycles. The molecule has 2 aromatic carbocycles. The van der Waals surface area contributed by atoms with Gasteiger partial charge in [0, 0.05) is 5.41 Å². The molecule has 0 atom stereocenters. The van der Waals surface area contributed by atoms with Crippen molar-refractivity contribution in [2.45, 2.75) is 19.3 Å². The van der Waals surface area contributed by atoms with E-state index in [1.807, 2.05) is 24.3 Å². The summed E-state index contributed by atoms with van der Waals surface area (Å²) < 4.78 is 0. The summed E-state index contributed by atoms with van der Waals surface area (Å²) in [5.41, 5.74) is 3.23. The Balaban J connectivity index is 1.83. The van der Waals surface area contributed by atoms with E-state index in [0.29, 0.717) is 6.67 Å². The summed E-state index contributed by atoms with van der Waals surface area (Å²) in [4.78, 5) is 10.8. The fourth-order valence-electron chi connectivity index (χ4n) is 2.50. The number of hydrazine groups is 1. The fraction of sp³-hybridized carbons (Fsp3) is 0.235. The summed E-state index contributed by atoms with van der Waals surface area (Å²) in [6.07, 6.45) is -0.917. The van der Waals surface area contributed by atoms with Gasteiger partial charge in [-0.3, -0.25) is 5.01 Å². The second-order valence-electron chi connectivity index (χ2n) is 5.68. The van der Waals surface area contributed by atoms with E-state index < -0.39 is 6.09 Å². The maximum atomic E-state index is 10.8. The lowest BCUT2D eigenvalue weighted by atomic mass is 9.78. The summed E-state index contributed by atoms with van der Waals surface area (Å²) in [7, 11) is 0. The summed E-state index contributed by atoms with van der Waals surface area (Å²) in [6, 6.07) is 19.1. The fourth-order valence-corrected chi connectivity index (χ4v) is 2.50. The predicted octanol–water partition coefficient (Wildman–Crippen LogP) is 3.49. The van der Waals surface area contributed by atoms with Crippen LogP contribution in [0.3, 0.4) is 0 Å². The molecule has 0 saturated carbocycles. The maximum absolute atomic E-state index is 10.8. The van der Waals surface area contributed by atoms with Gasteiger partial charge < -0.3 is 5.11 Å². The molecule has 107 valence electrons. The Morgan fingerprint density at radius 1 is 1.10 bits per heavy atom. The number of carboxylic acid groups (broad SMARTS) is 1. The third-order valence-electron chi connectivity index (χ3n) is 4.02. The van der Waals surface area contributed by atoms with Crippen LogP contribution in [0.1, 0.15) is 25.0 Å². The Morgan fingerprint density at radius 3 is 2.19 bits per heavy atom. The van der Waals surface area contributed by atoms with Gasteiger partial charge in [0.15, 0.2) is 0 Å². The van der Waals surface area contributed by atoms with Crippen molar-refractivity contribution in [1.82, 2.24) is 5.01 Å². The van der Waals surface area contributed by atoms with Crippen LogP contribution in [-0.4, -0.2) is 22.9 Å². The van der Waals surface area contributed by atoms with Crippen LogP contribution in [0, 0.1) is 6.07 Å². The van der Waals surface area contributed by atoms with Crippen LogP contribution in [0.2, 0.25) is 0 Å². The molecule has 1 amide bonds. The smallest absolute Gasteiger partial charge is 0.428 e. The first-order chi connectivity index (χ1) is 10.00. The summed E-state index contributed by atoms with van der Waals surface area (Å²) >= 11 is 0. The van der Waals surface area contributed by atoms with E-state index in [-0.39, 0.29) is 5.41 Å². The Kier molecular flexibility index (Phi) is 3.09. The van der Waals surface area contributed by atoms with Gasteiger partial charge in [0.1, 0.15) is 6.67 Å². The third-order valence-corrected chi connectivity index (χ3v) is 4.02. The Labute approximate surface area is 124 Å². The molecule has 3 rings (SSSR count). The minimum atomic E-state index is -0.917. The van der Waals surface area contributed by atoms with E-state index in [1.165, 1.54) is 16.1 Å². The van der Waals surface area contributed by atoms with E-state index in [4.69, 9.17) is 5.11 Å². The zero-order valence-corrected chi connectivity index (χ0v) is 12.1. The van der Waals surface area contributed by atoms with Gasteiger partial charge in [0.05, 0.1) is 5.69 Å². The van der Waals surface area contributed by atoms with Crippen molar-refractivity contribution in [3.63, 3.8) is 0 Å². The van der Waals surface area contributed by atoms with Crippen LogP contribution >= 0.6 is 0 Å². The van der Waals surface area contributed by atoms with Gasteiger partial charge in [-0.05, 0) is 29.3 Å². The van der Waals surface area contributed by atoms with Crippen LogP contribution in [0.15, 0.2) is 48.5 Å². The molecular weight excluding hydrogens is 264 g/mol. The highest BCUT2D eigenvalue weighted by Crippen LogP contribution is 2.34. The van der Waals surface area contributed by atoms with Gasteiger partial charge in [-0.15, -0.1) is 0 Å². The molecule has 4 heteroatoms. The predicted molar refractivity (Wildman–Crippen MR) is 81.1 cm³/mol. The number of hydrogen-bond acceptors (Lipinski definition) is 2. The minimum absolute atomic E-state index is 0.0982. The van der Waals surface area contributed by atoms with Gasteiger partial charge in [-0.1, -0.05) is 50.2 Å². The van der Waals surface area contributed by atoms with Crippen LogP contribution in [0.5, 0.6) is 0 Å². The molecule has 0 aromatic heterocycles. The highest BCUT2D eigenvalue weighted by molar-refractivity contribution is 5.73. The quantitative estimate of drug-likeness (QED) is 0.876. The van der Waals surface area contributed by atoms with E-state index in [9.17, 15) is 4.79 Å². The molecule has 0 spiro atoms. The molecule has 1 saturated heterocycles. The normalized spacial score (nSPS) is 14.2. The molecule has 1 fully saturated rings. The Bertz CT molecular complexity index is 650. The number of rotatable bonds is 3. The molecule has 1 radical (unpaired) electrons. The van der Waals surface area contributed by atoms with Crippen LogP contribution in [0.25, 0.3) is 0 Å². The van der Waals surface area contributed by atoms with Crippen molar-refractivity contribution in [2.75, 3.05) is 11.7 Å². The average molecular weight is 281 g/mol. The largest absolute Gasteiger partial charge is 0.464 e. The molecule has 0 unspecified atom stereocenters. The molecule has 2 aromatic rings. The summed E-state index contributed by atoms with van der Waals surface area (Å²) in [5, 5.41) is 11.9. The maximum Gasteiger partial charge on any atom is 0.428 e. The number of nitrogens with zero attached hydrogens (tertiary/aromatic N) is 2. The van der Waals surface area contributed by atoms with E-state index in [0.717, 1.165) is 5.69 Å². The summed E-state index contributed by atoms with van der Waals surface area (Å²) in [6.45, 7) is 4.79. The second-order valence-corrected chi connectivity index (χ2v) is 5.68. The average Bonchev–Trinajstić information content (AvgIpc) is 3.29. The third kappa shape index (κ3) is 2.44. The van der Waals surface area contributed by atoms with E-state index in [1.54, 1.807) is 5.01 Å². The number of amides is 1. The SMILES string of the molecule is CC(C)(c1cc[c]cc1)c1ccc(N2CN2C(=O)O)cc1. The Morgan fingerprint density at radius 2 is 1.67 bits per heavy atom. The molecule has 1 aliphatic rings. The van der Waals surface area contributed by atoms with Gasteiger partial charge in [0.25, 0.3) is 0 Å². The van der Waals surface area contributed by atoms with Crippen molar-refractivity contribution >= 4 is 11.8 Å². The van der Waals surface area contributed by atoms with Crippen molar-refractivity contribution in [3.05, 3.63) is 65.7 Å². The van der Waals surface area contributed by atoms with Crippen molar-refractivity contribution < 1.29 is 9.90 Å². The van der Waals surface area contributed by atoms with Crippen molar-refractivity contribution in [3.8, 4) is 0 Å². The van der Waals surface area contributed by atoms with Gasteiger partial charge in [-0.2, -0.15) is 5.01 Å². The second kappa shape index (κ2) is 4.81. The number of hydrogen-bond donors (Lipinski definition) is 1. The number of benzene rings is 2. The first-order valence-electron chi connectivity index (χ1n) is 6.85. The van der Waals surface area contributed by atoms with Gasteiger partial charge in [0.2, 0.25) is 0 Å². The van der Waals surface area contributed by atoms with E-state index >= 15 is 0 Å². The minimum Gasteiger partial charge on any atom is -0.464 e. The monoisotopic (exact) mass is 281 g/mol. The molecule has 0 aliphatic carbocycles. The molecule has 0 bridgehead atoms. The van der Waals surface area contributed by atoms with Crippen molar-refractivity contribution in [1.29, 1.82) is 0 Å². The van der Waals surface area contributed by atoms with Gasteiger partial charge >= 0.3 is 6.09 Å². The van der Waals surface area contributed by atoms with Crippen LogP contribution in [-0.2, 0) is 5.41 Å². The first kappa shape index (κ1) is 13.5. The molecule has 1 N–H and O–H groups in total. The lowest BCUT2D eigenvalue weighted by Crippen LogP contribution is -2.19. The lowest BCUT2D eigenvalue weighted by Gasteiger charge is -2.26.